The van der Waals surface area contributed by atoms with Crippen LogP contribution >= 0.6 is 11.3 Å². The average molecular weight is 688 g/mol. The van der Waals surface area contributed by atoms with Gasteiger partial charge in [0.05, 0.1) is 17.8 Å². The number of ether oxygens (including phenoxy) is 2. The van der Waals surface area contributed by atoms with E-state index in [0.717, 1.165) is 78.4 Å². The number of rotatable bonds is 14. The molecule has 8 nitrogen and oxygen atoms in total. The lowest BCUT2D eigenvalue weighted by Gasteiger charge is -2.40. The van der Waals surface area contributed by atoms with E-state index in [1.165, 1.54) is 6.07 Å². The summed E-state index contributed by atoms with van der Waals surface area (Å²) in [5.41, 5.74) is 4.26. The summed E-state index contributed by atoms with van der Waals surface area (Å²) in [4.78, 5) is 26.6. The second kappa shape index (κ2) is 15.3. The maximum absolute atomic E-state index is 14.2. The van der Waals surface area contributed by atoms with Crippen molar-refractivity contribution < 1.29 is 18.7 Å². The summed E-state index contributed by atoms with van der Waals surface area (Å²) in [6.45, 7) is 21.4. The molecule has 1 fully saturated rings. The number of nitrogens with zero attached hydrogens (tertiary/aromatic N) is 5. The lowest BCUT2D eigenvalue weighted by Crippen LogP contribution is -2.40. The number of fused-ring (bicyclic) bond motifs is 1. The fourth-order valence-electron chi connectivity index (χ4n) is 6.36. The topological polar surface area (TPSA) is 81.8 Å². The Morgan fingerprint density at radius 2 is 1.92 bits per heavy atom. The van der Waals surface area contributed by atoms with Crippen LogP contribution in [0, 0.1) is 18.2 Å². The van der Waals surface area contributed by atoms with Crippen molar-refractivity contribution in [3.05, 3.63) is 88.9 Å². The Kier molecular flexibility index (Phi) is 11.4. The van der Waals surface area contributed by atoms with E-state index in [-0.39, 0.29) is 17.8 Å². The van der Waals surface area contributed by atoms with Crippen LogP contribution in [0.4, 0.5) is 10.2 Å². The van der Waals surface area contributed by atoms with Gasteiger partial charge in [-0.25, -0.2) is 19.2 Å². The van der Waals surface area contributed by atoms with Gasteiger partial charge in [-0.05, 0) is 102 Å². The number of benzene rings is 1. The van der Waals surface area contributed by atoms with E-state index in [1.54, 1.807) is 24.3 Å². The van der Waals surface area contributed by atoms with Crippen LogP contribution in [0.25, 0.3) is 16.3 Å². The lowest BCUT2D eigenvalue weighted by molar-refractivity contribution is -0.166. The maximum Gasteiger partial charge on any atom is 0.340 e. The van der Waals surface area contributed by atoms with Gasteiger partial charge >= 0.3 is 5.97 Å². The molecule has 0 spiro atoms. The molecule has 49 heavy (non-hydrogen) atoms. The van der Waals surface area contributed by atoms with Crippen LogP contribution in [0.1, 0.15) is 100 Å². The van der Waals surface area contributed by atoms with Crippen molar-refractivity contribution in [1.82, 2.24) is 19.6 Å². The number of hydrogen-bond acceptors (Lipinski definition) is 8. The zero-order valence-corrected chi connectivity index (χ0v) is 30.7. The fraction of sp³-hybridized carbons (Fsp3) is 0.487. The number of anilines is 1. The third-order valence-electron chi connectivity index (χ3n) is 9.15. The molecule has 0 N–H and O–H groups in total. The van der Waals surface area contributed by atoms with Crippen molar-refractivity contribution in [2.45, 2.75) is 98.2 Å². The largest absolute Gasteiger partial charge is 0.464 e. The number of halogens is 1. The third-order valence-corrected chi connectivity index (χ3v) is 10.2. The van der Waals surface area contributed by atoms with Gasteiger partial charge in [0.2, 0.25) is 0 Å². The Morgan fingerprint density at radius 1 is 1.16 bits per heavy atom. The quantitative estimate of drug-likeness (QED) is 0.0744. The highest BCUT2D eigenvalue weighted by atomic mass is 32.1. The zero-order chi connectivity index (χ0) is 35.3. The molecule has 1 aliphatic rings. The summed E-state index contributed by atoms with van der Waals surface area (Å²) in [6, 6.07) is 7.03. The van der Waals surface area contributed by atoms with Crippen molar-refractivity contribution in [2.24, 2.45) is 5.41 Å². The van der Waals surface area contributed by atoms with Crippen LogP contribution in [0.15, 0.2) is 55.8 Å². The van der Waals surface area contributed by atoms with E-state index in [9.17, 15) is 9.18 Å². The molecule has 262 valence electrons. The maximum atomic E-state index is 14.2. The number of aromatic nitrogens is 4. The van der Waals surface area contributed by atoms with Gasteiger partial charge in [-0.15, -0.1) is 24.5 Å². The van der Waals surface area contributed by atoms with Crippen LogP contribution in [0.2, 0.25) is 0 Å². The Morgan fingerprint density at radius 3 is 2.59 bits per heavy atom. The van der Waals surface area contributed by atoms with Gasteiger partial charge in [0.15, 0.2) is 11.8 Å². The number of allylic oxidation sites excluding steroid dienone is 2. The Hall–Kier alpha value is -3.89. The van der Waals surface area contributed by atoms with Gasteiger partial charge in [-0.3, -0.25) is 0 Å². The smallest absolute Gasteiger partial charge is 0.340 e. The molecule has 3 aromatic heterocycles. The minimum absolute atomic E-state index is 0.0306. The first kappa shape index (κ1) is 36.4. The zero-order valence-electron chi connectivity index (χ0n) is 29.9. The summed E-state index contributed by atoms with van der Waals surface area (Å²) in [5.74, 6) is 0.121. The first-order chi connectivity index (χ1) is 23.3. The summed E-state index contributed by atoms with van der Waals surface area (Å²) in [7, 11) is 0. The van der Waals surface area contributed by atoms with E-state index in [1.807, 2.05) is 62.7 Å². The molecule has 0 amide bonds. The molecule has 1 saturated heterocycles. The Labute approximate surface area is 294 Å². The highest BCUT2D eigenvalue weighted by Crippen LogP contribution is 2.40. The van der Waals surface area contributed by atoms with Crippen molar-refractivity contribution in [1.29, 1.82) is 0 Å². The molecule has 1 aromatic carbocycles. The second-order valence-electron chi connectivity index (χ2n) is 14.2. The van der Waals surface area contributed by atoms with Crippen LogP contribution in [0.3, 0.4) is 0 Å². The van der Waals surface area contributed by atoms with Gasteiger partial charge in [-0.1, -0.05) is 25.1 Å². The number of unbranched alkanes of at least 4 members (excludes halogenated alkanes) is 2. The summed E-state index contributed by atoms with van der Waals surface area (Å²) >= 11 is 1.57. The van der Waals surface area contributed by atoms with Gasteiger partial charge in [-0.2, -0.15) is 9.61 Å². The van der Waals surface area contributed by atoms with Crippen molar-refractivity contribution in [3.63, 3.8) is 0 Å². The van der Waals surface area contributed by atoms with E-state index >= 15 is 0 Å². The number of esters is 1. The normalized spacial score (nSPS) is 15.4. The van der Waals surface area contributed by atoms with E-state index in [4.69, 9.17) is 24.5 Å². The predicted molar refractivity (Wildman–Crippen MR) is 196 cm³/mol. The number of carbonyl (C=O) groups excluding carboxylic acids is 1. The number of aryl methyl sites for hydroxylation is 2. The minimum atomic E-state index is -0.986. The molecule has 0 bridgehead atoms. The average Bonchev–Trinajstić information content (AvgIpc) is 3.70. The lowest BCUT2D eigenvalue weighted by atomic mass is 9.80. The molecule has 4 aromatic rings. The van der Waals surface area contributed by atoms with E-state index < -0.39 is 17.7 Å². The van der Waals surface area contributed by atoms with Crippen LogP contribution < -0.4 is 4.90 Å². The molecule has 10 heteroatoms. The standard InChI is InChI=1S/C39H50FN5O3S/c1-9-12-13-14-15-27-22-29(40)17-16-28(27)23-30-25-41-35(49-30)31-24-32-42-26(4)33(34(37(46)47-11-3)48-38(5,6)7)36(45(32)43-31)44-20-18-39(8,10-2)19-21-44/h9-10,16-17,22,24-25,34H,1-2,11-15,18-21,23H2,3-8H3/t34-/m0/s1. The summed E-state index contributed by atoms with van der Waals surface area (Å²) < 4.78 is 28.0. The first-order valence-corrected chi connectivity index (χ1v) is 18.1. The number of carbonyl (C=O) groups is 1. The molecule has 1 aliphatic heterocycles. The Balaban J connectivity index is 1.54. The summed E-state index contributed by atoms with van der Waals surface area (Å²) in [6.07, 6.45) is 11.1. The van der Waals surface area contributed by atoms with Crippen LogP contribution in [-0.4, -0.2) is 50.8 Å². The molecular weight excluding hydrogens is 638 g/mol. The first-order valence-electron chi connectivity index (χ1n) is 17.3. The molecule has 1 atom stereocenters. The molecule has 0 aliphatic carbocycles. The third kappa shape index (κ3) is 8.65. The van der Waals surface area contributed by atoms with Crippen molar-refractivity contribution >= 4 is 28.8 Å². The van der Waals surface area contributed by atoms with Gasteiger partial charge in [0, 0.05) is 42.3 Å². The molecule has 5 rings (SSSR count). The van der Waals surface area contributed by atoms with Gasteiger partial charge in [0.25, 0.3) is 0 Å². The number of thiazole rings is 1. The van der Waals surface area contributed by atoms with Crippen molar-refractivity contribution in [2.75, 3.05) is 24.6 Å². The van der Waals surface area contributed by atoms with Crippen molar-refractivity contribution in [3.8, 4) is 10.7 Å². The van der Waals surface area contributed by atoms with E-state index in [2.05, 4.69) is 25.0 Å². The van der Waals surface area contributed by atoms with Crippen LogP contribution in [0.5, 0.6) is 0 Å². The molecule has 0 radical (unpaired) electrons. The van der Waals surface area contributed by atoms with Crippen LogP contribution in [-0.2, 0) is 27.1 Å². The molecular formula is C39H50FN5O3S. The van der Waals surface area contributed by atoms with E-state index in [0.29, 0.717) is 29.0 Å². The number of hydrogen-bond donors (Lipinski definition) is 0. The highest BCUT2D eigenvalue weighted by Gasteiger charge is 2.37. The summed E-state index contributed by atoms with van der Waals surface area (Å²) in [5, 5.41) is 5.85. The SMILES string of the molecule is C=CCCCCc1cc(F)ccc1Cc1cnc(-c2cc3nc(C)c([C@H](OC(C)(C)C)C(=O)OCC)c(N4CCC(C)(C=C)CC4)n3n2)s1. The minimum Gasteiger partial charge on any atom is -0.464 e. The Bertz CT molecular complexity index is 1800. The van der Waals surface area contributed by atoms with Gasteiger partial charge in [0.1, 0.15) is 22.3 Å². The fourth-order valence-corrected chi connectivity index (χ4v) is 7.25. The molecule has 0 saturated carbocycles. The van der Waals surface area contributed by atoms with Gasteiger partial charge < -0.3 is 14.4 Å². The molecule has 0 unspecified atom stereocenters. The second-order valence-corrected chi connectivity index (χ2v) is 15.3. The predicted octanol–water partition coefficient (Wildman–Crippen LogP) is 9.00. The monoisotopic (exact) mass is 687 g/mol. The molecule has 4 heterocycles. The highest BCUT2D eigenvalue weighted by molar-refractivity contribution is 7.15. The number of piperidine rings is 1.